The van der Waals surface area contributed by atoms with Crippen molar-refractivity contribution in [2.24, 2.45) is 0 Å². The Hall–Kier alpha value is -1.77. The first-order chi connectivity index (χ1) is 11.4. The fraction of sp³-hybridized carbons (Fsp3) is 0.438. The topological polar surface area (TPSA) is 69.3 Å². The molecule has 0 atom stereocenters. The molecule has 0 saturated carbocycles. The Morgan fingerprint density at radius 3 is 2.42 bits per heavy atom. The average molecular weight is 352 g/mol. The molecule has 130 valence electrons. The fourth-order valence-corrected chi connectivity index (χ4v) is 4.08. The van der Waals surface area contributed by atoms with E-state index in [1.807, 2.05) is 6.07 Å². The summed E-state index contributed by atoms with van der Waals surface area (Å²) in [6.45, 7) is 0.992. The molecule has 0 radical (unpaired) electrons. The quantitative estimate of drug-likeness (QED) is 0.917. The number of hydrogen-bond donors (Lipinski definition) is 1. The molecule has 0 unspecified atom stereocenters. The maximum absolute atomic E-state index is 13.0. The van der Waals surface area contributed by atoms with Crippen LogP contribution in [0.4, 0.5) is 4.39 Å². The summed E-state index contributed by atoms with van der Waals surface area (Å²) >= 11 is 0. The van der Waals surface area contributed by atoms with Crippen LogP contribution in [0.3, 0.4) is 0 Å². The van der Waals surface area contributed by atoms with Gasteiger partial charge in [-0.05, 0) is 43.2 Å². The Morgan fingerprint density at radius 2 is 1.83 bits per heavy atom. The minimum Gasteiger partial charge on any atom is -0.282 e. The second kappa shape index (κ2) is 6.62. The van der Waals surface area contributed by atoms with Gasteiger partial charge in [0.15, 0.2) is 0 Å². The van der Waals surface area contributed by atoms with Crippen LogP contribution in [0.25, 0.3) is 11.3 Å². The van der Waals surface area contributed by atoms with Gasteiger partial charge in [-0.1, -0.05) is 0 Å². The van der Waals surface area contributed by atoms with Gasteiger partial charge in [-0.15, -0.1) is 0 Å². The van der Waals surface area contributed by atoms with Crippen LogP contribution < -0.4 is 0 Å². The summed E-state index contributed by atoms with van der Waals surface area (Å²) in [6, 6.07) is 8.18. The Labute approximate surface area is 141 Å². The number of aromatic amines is 1. The molecule has 1 aliphatic rings. The molecule has 0 bridgehead atoms. The maximum atomic E-state index is 13.0. The molecule has 2 heterocycles. The highest BCUT2D eigenvalue weighted by Gasteiger charge is 2.30. The Morgan fingerprint density at radius 1 is 1.21 bits per heavy atom. The van der Waals surface area contributed by atoms with Crippen molar-refractivity contribution in [3.05, 3.63) is 41.8 Å². The molecule has 1 aliphatic heterocycles. The first kappa shape index (κ1) is 17.1. The number of halogens is 1. The number of hydrogen-bond acceptors (Lipinski definition) is 3. The van der Waals surface area contributed by atoms with E-state index < -0.39 is 10.2 Å². The monoisotopic (exact) mass is 352 g/mol. The summed E-state index contributed by atoms with van der Waals surface area (Å²) in [6.07, 6.45) is 1.50. The lowest BCUT2D eigenvalue weighted by Gasteiger charge is -2.32. The van der Waals surface area contributed by atoms with E-state index in [1.165, 1.54) is 20.7 Å². The van der Waals surface area contributed by atoms with Crippen molar-refractivity contribution in [3.8, 4) is 11.3 Å². The van der Waals surface area contributed by atoms with E-state index in [1.54, 1.807) is 26.2 Å². The number of piperidine rings is 1. The Kier molecular flexibility index (Phi) is 4.71. The maximum Gasteiger partial charge on any atom is 0.281 e. The summed E-state index contributed by atoms with van der Waals surface area (Å²) in [5.74, 6) is -0.0238. The number of rotatable bonds is 4. The zero-order valence-electron chi connectivity index (χ0n) is 13.7. The van der Waals surface area contributed by atoms with E-state index >= 15 is 0 Å². The summed E-state index contributed by atoms with van der Waals surface area (Å²) in [5, 5.41) is 7.34. The molecule has 0 amide bonds. The molecule has 1 fully saturated rings. The smallest absolute Gasteiger partial charge is 0.281 e. The van der Waals surface area contributed by atoms with Gasteiger partial charge < -0.3 is 0 Å². The Balaban J connectivity index is 1.68. The standard InChI is InChI=1S/C16H21FN4O2S/c1-20(2)24(22,23)21-9-7-13(8-10-21)16-11-15(18-19-16)12-3-5-14(17)6-4-12/h3-6,11,13H,7-10H2,1-2H3,(H,18,19). The van der Waals surface area contributed by atoms with Gasteiger partial charge in [0.05, 0.1) is 5.69 Å². The van der Waals surface area contributed by atoms with Crippen LogP contribution >= 0.6 is 0 Å². The summed E-state index contributed by atoms with van der Waals surface area (Å²) < 4.78 is 40.1. The molecule has 1 saturated heterocycles. The fourth-order valence-electron chi connectivity index (χ4n) is 2.94. The van der Waals surface area contributed by atoms with Crippen LogP contribution in [0.1, 0.15) is 24.5 Å². The predicted molar refractivity (Wildman–Crippen MR) is 90.1 cm³/mol. The summed E-state index contributed by atoms with van der Waals surface area (Å²) in [5.41, 5.74) is 2.62. The van der Waals surface area contributed by atoms with Crippen molar-refractivity contribution >= 4 is 10.2 Å². The van der Waals surface area contributed by atoms with E-state index in [9.17, 15) is 12.8 Å². The molecule has 2 aromatic rings. The minimum absolute atomic E-state index is 0.250. The van der Waals surface area contributed by atoms with Crippen molar-refractivity contribution < 1.29 is 12.8 Å². The highest BCUT2D eigenvalue weighted by Crippen LogP contribution is 2.30. The number of benzene rings is 1. The van der Waals surface area contributed by atoms with Gasteiger partial charge >= 0.3 is 0 Å². The third kappa shape index (κ3) is 3.35. The van der Waals surface area contributed by atoms with Crippen LogP contribution in [0.2, 0.25) is 0 Å². The molecule has 1 N–H and O–H groups in total. The molecule has 1 aromatic carbocycles. The molecule has 1 aromatic heterocycles. The molecule has 3 rings (SSSR count). The zero-order chi connectivity index (χ0) is 17.3. The molecular formula is C16H21FN4O2S. The zero-order valence-corrected chi connectivity index (χ0v) is 14.6. The van der Waals surface area contributed by atoms with E-state index in [-0.39, 0.29) is 11.7 Å². The highest BCUT2D eigenvalue weighted by molar-refractivity contribution is 7.86. The normalized spacial score (nSPS) is 17.5. The Bertz CT molecular complexity index is 794. The summed E-state index contributed by atoms with van der Waals surface area (Å²) in [7, 11) is -0.248. The van der Waals surface area contributed by atoms with E-state index in [0.717, 1.165) is 29.8 Å². The lowest BCUT2D eigenvalue weighted by Crippen LogP contribution is -2.44. The largest absolute Gasteiger partial charge is 0.282 e. The molecular weight excluding hydrogens is 331 g/mol. The number of aromatic nitrogens is 2. The van der Waals surface area contributed by atoms with Gasteiger partial charge in [0.1, 0.15) is 5.82 Å². The lowest BCUT2D eigenvalue weighted by atomic mass is 9.94. The summed E-state index contributed by atoms with van der Waals surface area (Å²) in [4.78, 5) is 0. The predicted octanol–water partition coefficient (Wildman–Crippen LogP) is 2.20. The van der Waals surface area contributed by atoms with Gasteiger partial charge in [0.2, 0.25) is 0 Å². The van der Waals surface area contributed by atoms with Crippen molar-refractivity contribution in [3.63, 3.8) is 0 Å². The first-order valence-electron chi connectivity index (χ1n) is 7.87. The molecule has 0 spiro atoms. The van der Waals surface area contributed by atoms with E-state index in [0.29, 0.717) is 13.1 Å². The lowest BCUT2D eigenvalue weighted by molar-refractivity contribution is 0.300. The van der Waals surface area contributed by atoms with Crippen molar-refractivity contribution in [2.45, 2.75) is 18.8 Å². The van der Waals surface area contributed by atoms with Crippen LogP contribution in [-0.2, 0) is 10.2 Å². The number of H-pyrrole nitrogens is 1. The van der Waals surface area contributed by atoms with Gasteiger partial charge in [0, 0.05) is 44.4 Å². The van der Waals surface area contributed by atoms with Gasteiger partial charge in [-0.25, -0.2) is 4.39 Å². The molecule has 24 heavy (non-hydrogen) atoms. The van der Waals surface area contributed by atoms with Crippen molar-refractivity contribution in [1.82, 2.24) is 18.8 Å². The number of nitrogens with one attached hydrogen (secondary N) is 1. The van der Waals surface area contributed by atoms with Crippen LogP contribution in [-0.4, -0.2) is 54.4 Å². The van der Waals surface area contributed by atoms with Gasteiger partial charge in [-0.2, -0.15) is 22.1 Å². The number of nitrogens with zero attached hydrogens (tertiary/aromatic N) is 3. The van der Waals surface area contributed by atoms with Crippen molar-refractivity contribution in [2.75, 3.05) is 27.2 Å². The minimum atomic E-state index is -3.34. The van der Waals surface area contributed by atoms with E-state index in [2.05, 4.69) is 10.2 Å². The van der Waals surface area contributed by atoms with Crippen LogP contribution in [0, 0.1) is 5.82 Å². The first-order valence-corrected chi connectivity index (χ1v) is 9.26. The van der Waals surface area contributed by atoms with Crippen LogP contribution in [0.15, 0.2) is 30.3 Å². The molecule has 6 nitrogen and oxygen atoms in total. The van der Waals surface area contributed by atoms with Gasteiger partial charge in [0.25, 0.3) is 10.2 Å². The van der Waals surface area contributed by atoms with Crippen LogP contribution in [0.5, 0.6) is 0 Å². The highest BCUT2D eigenvalue weighted by atomic mass is 32.2. The molecule has 0 aliphatic carbocycles. The second-order valence-corrected chi connectivity index (χ2v) is 8.32. The van der Waals surface area contributed by atoms with Gasteiger partial charge in [-0.3, -0.25) is 5.10 Å². The third-order valence-corrected chi connectivity index (χ3v) is 6.36. The average Bonchev–Trinajstić information content (AvgIpc) is 3.05. The third-order valence-electron chi connectivity index (χ3n) is 4.42. The second-order valence-electron chi connectivity index (χ2n) is 6.18. The molecule has 8 heteroatoms. The van der Waals surface area contributed by atoms with E-state index in [4.69, 9.17) is 0 Å². The van der Waals surface area contributed by atoms with Crippen molar-refractivity contribution in [1.29, 1.82) is 0 Å². The SMILES string of the molecule is CN(C)S(=O)(=O)N1CCC(c2cc(-c3ccc(F)cc3)n[nH]2)CC1.